The van der Waals surface area contributed by atoms with Crippen LogP contribution in [0.15, 0.2) is 227 Å². The van der Waals surface area contributed by atoms with E-state index in [1.165, 1.54) is 86.9 Å². The Bertz CT molecular complexity index is 5280. The van der Waals surface area contributed by atoms with Gasteiger partial charge in [0.2, 0.25) is 0 Å². The molecule has 0 saturated heterocycles. The smallest absolute Gasteiger partial charge is 0.159 e. The summed E-state index contributed by atoms with van der Waals surface area (Å²) < 4.78 is 18.6. The summed E-state index contributed by atoms with van der Waals surface area (Å²) in [7, 11) is -1.56. The highest BCUT2D eigenvalue weighted by Crippen LogP contribution is 2.49. The number of hydrogen-bond acceptors (Lipinski definition) is 4. The number of furan rings is 2. The van der Waals surface area contributed by atoms with E-state index >= 15 is 0 Å². The molecule has 6 heterocycles. The zero-order valence-electron chi connectivity index (χ0n) is 42.9. The molecule has 0 saturated carbocycles. The van der Waals surface area contributed by atoms with E-state index in [-0.39, 0.29) is 0 Å². The average molecular weight is 1010 g/mol. The van der Waals surface area contributed by atoms with Crippen LogP contribution in [0.1, 0.15) is 5.56 Å². The Labute approximate surface area is 443 Å². The normalized spacial score (nSPS) is 12.7. The molecule has 7 heteroatoms. The first kappa shape index (κ1) is 42.8. The molecule has 0 aliphatic heterocycles. The highest BCUT2D eigenvalue weighted by Gasteiger charge is 2.27. The Morgan fingerprint density at radius 2 is 0.701 bits per heavy atom. The van der Waals surface area contributed by atoms with Crippen LogP contribution >= 0.6 is 0 Å². The lowest BCUT2D eigenvalue weighted by Crippen LogP contribution is -2.37. The molecule has 0 atom stereocenters. The van der Waals surface area contributed by atoms with Crippen molar-refractivity contribution in [2.24, 2.45) is 0 Å². The predicted octanol–water partition coefficient (Wildman–Crippen LogP) is 19.6. The molecule has 364 valence electrons. The SMILES string of the molecule is Cc1ccc(N(c2ccc3c4cccc5c6cc7c(cc6n(c3c2)c45)c2cccc3c4ccc(N(c5ccc([Si](C)(C)C)cc5)c5cccc6c5oc5ccccc56)cc4n7c32)c2cccc3c2oc2ccccc23)cc1. The molecule has 0 bridgehead atoms. The molecule has 6 nitrogen and oxygen atoms in total. The highest BCUT2D eigenvalue weighted by atomic mass is 28.3. The van der Waals surface area contributed by atoms with Crippen molar-refractivity contribution in [1.82, 2.24) is 8.80 Å². The molecule has 0 N–H and O–H groups in total. The molecule has 0 fully saturated rings. The van der Waals surface area contributed by atoms with Crippen molar-refractivity contribution in [3.63, 3.8) is 0 Å². The van der Waals surface area contributed by atoms with E-state index in [2.05, 4.69) is 257 Å². The summed E-state index contributed by atoms with van der Waals surface area (Å²) >= 11 is 0. The van der Waals surface area contributed by atoms with Gasteiger partial charge in [0, 0.05) is 87.4 Å². The number of rotatable bonds is 7. The molecule has 0 spiro atoms. The van der Waals surface area contributed by atoms with Gasteiger partial charge in [-0.25, -0.2) is 0 Å². The molecule has 17 rings (SSSR count). The molecule has 77 heavy (non-hydrogen) atoms. The Morgan fingerprint density at radius 1 is 0.325 bits per heavy atom. The summed E-state index contributed by atoms with van der Waals surface area (Å²) in [5, 5.41) is 15.8. The van der Waals surface area contributed by atoms with Crippen LogP contribution in [0.4, 0.5) is 34.1 Å². The fourth-order valence-corrected chi connectivity index (χ4v) is 14.3. The number of hydrogen-bond donors (Lipinski definition) is 0. The summed E-state index contributed by atoms with van der Waals surface area (Å²) in [5.74, 6) is 0. The monoisotopic (exact) mass is 1000 g/mol. The number of anilines is 6. The number of fused-ring (bicyclic) bond motifs is 18. The maximum atomic E-state index is 6.77. The van der Waals surface area contributed by atoms with Crippen LogP contribution in [0.5, 0.6) is 0 Å². The summed E-state index contributed by atoms with van der Waals surface area (Å²) in [5.41, 5.74) is 18.3. The summed E-state index contributed by atoms with van der Waals surface area (Å²) in [6.07, 6.45) is 0. The topological polar surface area (TPSA) is 41.6 Å². The van der Waals surface area contributed by atoms with Gasteiger partial charge in [0.25, 0.3) is 0 Å². The van der Waals surface area contributed by atoms with E-state index in [4.69, 9.17) is 8.83 Å². The quantitative estimate of drug-likeness (QED) is 0.149. The van der Waals surface area contributed by atoms with E-state index in [0.717, 1.165) is 78.0 Å². The lowest BCUT2D eigenvalue weighted by molar-refractivity contribution is 0.668. The molecule has 0 aliphatic rings. The van der Waals surface area contributed by atoms with Gasteiger partial charge in [0.05, 0.1) is 52.5 Å². The largest absolute Gasteiger partial charge is 0.454 e. The predicted molar refractivity (Wildman–Crippen MR) is 327 cm³/mol. The van der Waals surface area contributed by atoms with E-state index < -0.39 is 8.07 Å². The van der Waals surface area contributed by atoms with Crippen LogP contribution in [-0.4, -0.2) is 16.9 Å². The molecular weight excluding hydrogens is 957 g/mol. The second kappa shape index (κ2) is 15.3. The van der Waals surface area contributed by atoms with Crippen LogP contribution in [0, 0.1) is 6.92 Å². The third-order valence-electron chi connectivity index (χ3n) is 16.8. The number of aromatic nitrogens is 2. The van der Waals surface area contributed by atoms with Gasteiger partial charge >= 0.3 is 0 Å². The zero-order valence-corrected chi connectivity index (χ0v) is 43.9. The minimum atomic E-state index is -1.56. The maximum Gasteiger partial charge on any atom is 0.159 e. The standard InChI is InChI=1S/C70H48N4O2Si/c1-41-25-27-42(28-26-41)71(59-21-11-19-55-49-13-5-7-23-65(49)75-69(55)59)44-31-35-47-51-15-9-17-53-57-40-64-58(39-63(57)73(67(51)53)61(47)37-44)54-18-10-16-52-48-36-32-45(38-62(48)74(64)68(52)54)72(43-29-33-46(34-30-43)77(2,3)4)60-22-12-20-56-50-14-6-8-24-66(50)76-70(56)60/h5-40H,1-4H3. The minimum absolute atomic E-state index is 0.868. The molecule has 0 radical (unpaired) electrons. The first-order chi connectivity index (χ1) is 37.7. The van der Waals surface area contributed by atoms with Crippen molar-refractivity contribution >= 4 is 167 Å². The van der Waals surface area contributed by atoms with E-state index in [1.807, 2.05) is 6.07 Å². The van der Waals surface area contributed by atoms with Gasteiger partial charge in [0.15, 0.2) is 11.2 Å². The molecule has 6 aromatic heterocycles. The van der Waals surface area contributed by atoms with E-state index in [1.54, 1.807) is 0 Å². The molecule has 0 unspecified atom stereocenters. The van der Waals surface area contributed by atoms with Gasteiger partial charge in [-0.3, -0.25) is 0 Å². The number of benzene rings is 11. The first-order valence-electron chi connectivity index (χ1n) is 26.7. The Balaban J connectivity index is 0.899. The zero-order chi connectivity index (χ0) is 51.0. The third kappa shape index (κ3) is 5.89. The van der Waals surface area contributed by atoms with E-state index in [0.29, 0.717) is 0 Å². The molecule has 17 aromatic rings. The minimum Gasteiger partial charge on any atom is -0.454 e. The van der Waals surface area contributed by atoms with Crippen molar-refractivity contribution < 1.29 is 8.83 Å². The van der Waals surface area contributed by atoms with E-state index in [9.17, 15) is 0 Å². The van der Waals surface area contributed by atoms with Crippen molar-refractivity contribution in [3.8, 4) is 0 Å². The van der Waals surface area contributed by atoms with Gasteiger partial charge in [-0.2, -0.15) is 0 Å². The van der Waals surface area contributed by atoms with Crippen LogP contribution in [-0.2, 0) is 0 Å². The maximum absolute atomic E-state index is 6.77. The van der Waals surface area contributed by atoms with Gasteiger partial charge in [-0.1, -0.05) is 164 Å². The number of aryl methyl sites for hydroxylation is 1. The van der Waals surface area contributed by atoms with Crippen LogP contribution in [0.3, 0.4) is 0 Å². The lowest BCUT2D eigenvalue weighted by atomic mass is 10.0. The molecular formula is C70H48N4O2Si. The van der Waals surface area contributed by atoms with Crippen LogP contribution in [0.2, 0.25) is 19.6 Å². The summed E-state index contributed by atoms with van der Waals surface area (Å²) in [6, 6.07) is 80.5. The second-order valence-electron chi connectivity index (χ2n) is 22.2. The molecule has 0 aliphatic carbocycles. The van der Waals surface area contributed by atoms with Gasteiger partial charge in [-0.05, 0) is 91.9 Å². The van der Waals surface area contributed by atoms with Crippen molar-refractivity contribution in [2.75, 3.05) is 9.80 Å². The molecule has 11 aromatic carbocycles. The first-order valence-corrected chi connectivity index (χ1v) is 30.2. The van der Waals surface area contributed by atoms with Gasteiger partial charge in [-0.15, -0.1) is 0 Å². The van der Waals surface area contributed by atoms with Crippen LogP contribution in [0.25, 0.3) is 120 Å². The summed E-state index contributed by atoms with van der Waals surface area (Å²) in [4.78, 5) is 4.76. The third-order valence-corrected chi connectivity index (χ3v) is 18.8. The second-order valence-corrected chi connectivity index (χ2v) is 27.2. The van der Waals surface area contributed by atoms with Crippen molar-refractivity contribution in [2.45, 2.75) is 26.6 Å². The fraction of sp³-hybridized carbons (Fsp3) is 0.0571. The average Bonchev–Trinajstić information content (AvgIpc) is 4.37. The van der Waals surface area contributed by atoms with Crippen LogP contribution < -0.4 is 15.0 Å². The summed E-state index contributed by atoms with van der Waals surface area (Å²) in [6.45, 7) is 9.37. The van der Waals surface area contributed by atoms with Crippen molar-refractivity contribution in [1.29, 1.82) is 0 Å². The van der Waals surface area contributed by atoms with Gasteiger partial charge in [0.1, 0.15) is 11.2 Å². The highest BCUT2D eigenvalue weighted by molar-refractivity contribution is 6.88. The Hall–Kier alpha value is -9.56. The van der Waals surface area contributed by atoms with Crippen molar-refractivity contribution in [3.05, 3.63) is 224 Å². The number of para-hydroxylation sites is 6. The number of nitrogens with zero attached hydrogens (tertiary/aromatic N) is 4. The Kier molecular flexibility index (Phi) is 8.49. The Morgan fingerprint density at radius 3 is 1.17 bits per heavy atom. The lowest BCUT2D eigenvalue weighted by Gasteiger charge is -2.27. The fourth-order valence-electron chi connectivity index (χ4n) is 13.2. The molecule has 0 amide bonds. The van der Waals surface area contributed by atoms with Gasteiger partial charge < -0.3 is 27.4 Å².